The molecular weight excluding hydrogens is 312 g/mol. The molecule has 0 atom stereocenters. The number of carbonyl (C=O) groups is 1. The number of anilines is 1. The molecule has 1 heterocycles. The molecule has 0 saturated heterocycles. The minimum absolute atomic E-state index is 0.134. The van der Waals surface area contributed by atoms with Crippen LogP contribution in [0.2, 0.25) is 0 Å². The number of rotatable bonds is 6. The Hall–Kier alpha value is -3.14. The first kappa shape index (κ1) is 16.7. The van der Waals surface area contributed by atoms with Gasteiger partial charge in [0.1, 0.15) is 5.75 Å². The largest absolute Gasteiger partial charge is 0.494 e. The molecule has 0 spiro atoms. The number of carbonyl (C=O) groups excluding carboxylic acids is 1. The number of aromatic nitrogens is 1. The van der Waals surface area contributed by atoms with E-state index in [9.17, 15) is 4.79 Å². The number of pyridine rings is 1. The second kappa shape index (κ2) is 8.11. The highest BCUT2D eigenvalue weighted by Gasteiger charge is 2.06. The zero-order valence-electron chi connectivity index (χ0n) is 14.1. The van der Waals surface area contributed by atoms with E-state index in [0.29, 0.717) is 12.2 Å². The van der Waals surface area contributed by atoms with Crippen LogP contribution in [0.15, 0.2) is 73.1 Å². The molecule has 0 aliphatic rings. The molecule has 0 unspecified atom stereocenters. The maximum absolute atomic E-state index is 12.3. The SMILES string of the molecule is CCOc1ccc(C(=O)Nc2ccc(Cc3ccncc3)cc2)cc1. The predicted octanol–water partition coefficient (Wildman–Crippen LogP) is 4.32. The number of nitrogens with zero attached hydrogens (tertiary/aromatic N) is 1. The molecule has 4 nitrogen and oxygen atoms in total. The summed E-state index contributed by atoms with van der Waals surface area (Å²) in [5.41, 5.74) is 3.77. The van der Waals surface area contributed by atoms with Crippen molar-refractivity contribution in [1.82, 2.24) is 4.98 Å². The summed E-state index contributed by atoms with van der Waals surface area (Å²) >= 11 is 0. The van der Waals surface area contributed by atoms with E-state index in [4.69, 9.17) is 4.74 Å². The molecule has 1 aromatic heterocycles. The highest BCUT2D eigenvalue weighted by Crippen LogP contribution is 2.16. The van der Waals surface area contributed by atoms with Crippen molar-refractivity contribution in [2.45, 2.75) is 13.3 Å². The number of nitrogens with one attached hydrogen (secondary N) is 1. The summed E-state index contributed by atoms with van der Waals surface area (Å²) < 4.78 is 5.39. The van der Waals surface area contributed by atoms with E-state index < -0.39 is 0 Å². The maximum Gasteiger partial charge on any atom is 0.255 e. The van der Waals surface area contributed by atoms with Gasteiger partial charge in [-0.15, -0.1) is 0 Å². The molecule has 3 rings (SSSR count). The van der Waals surface area contributed by atoms with Gasteiger partial charge in [0, 0.05) is 23.6 Å². The molecule has 0 aliphatic heterocycles. The molecule has 0 radical (unpaired) electrons. The Morgan fingerprint density at radius 3 is 2.20 bits per heavy atom. The van der Waals surface area contributed by atoms with E-state index in [1.54, 1.807) is 36.7 Å². The van der Waals surface area contributed by atoms with Crippen molar-refractivity contribution in [3.8, 4) is 5.75 Å². The van der Waals surface area contributed by atoms with Crippen LogP contribution in [0.3, 0.4) is 0 Å². The van der Waals surface area contributed by atoms with Gasteiger partial charge in [0.05, 0.1) is 6.61 Å². The molecule has 0 aliphatic carbocycles. The third kappa shape index (κ3) is 4.67. The number of hydrogen-bond acceptors (Lipinski definition) is 3. The summed E-state index contributed by atoms with van der Waals surface area (Å²) in [5.74, 6) is 0.629. The molecule has 4 heteroatoms. The van der Waals surface area contributed by atoms with Gasteiger partial charge >= 0.3 is 0 Å². The first-order chi connectivity index (χ1) is 12.2. The van der Waals surface area contributed by atoms with Gasteiger partial charge in [0.2, 0.25) is 0 Å². The fourth-order valence-electron chi connectivity index (χ4n) is 2.51. The third-order valence-corrected chi connectivity index (χ3v) is 3.80. The molecular formula is C21H20N2O2. The van der Waals surface area contributed by atoms with Crippen molar-refractivity contribution in [3.05, 3.63) is 89.7 Å². The summed E-state index contributed by atoms with van der Waals surface area (Å²) in [6, 6.07) is 19.0. The lowest BCUT2D eigenvalue weighted by Crippen LogP contribution is -2.11. The van der Waals surface area contributed by atoms with E-state index in [-0.39, 0.29) is 5.91 Å². The second-order valence-corrected chi connectivity index (χ2v) is 5.64. The van der Waals surface area contributed by atoms with Crippen LogP contribution in [0.5, 0.6) is 5.75 Å². The maximum atomic E-state index is 12.3. The fraction of sp³-hybridized carbons (Fsp3) is 0.143. The van der Waals surface area contributed by atoms with Gasteiger partial charge in [-0.05, 0) is 73.0 Å². The molecule has 0 saturated carbocycles. The molecule has 3 aromatic rings. The smallest absolute Gasteiger partial charge is 0.255 e. The van der Waals surface area contributed by atoms with Crippen LogP contribution in [0.4, 0.5) is 5.69 Å². The monoisotopic (exact) mass is 332 g/mol. The Bertz CT molecular complexity index is 813. The number of hydrogen-bond donors (Lipinski definition) is 1. The molecule has 1 N–H and O–H groups in total. The number of amides is 1. The zero-order chi connectivity index (χ0) is 17.5. The molecule has 0 fully saturated rings. The van der Waals surface area contributed by atoms with E-state index in [0.717, 1.165) is 17.9 Å². The first-order valence-electron chi connectivity index (χ1n) is 8.26. The van der Waals surface area contributed by atoms with E-state index in [1.165, 1.54) is 11.1 Å². The van der Waals surface area contributed by atoms with Crippen molar-refractivity contribution >= 4 is 11.6 Å². The Morgan fingerprint density at radius 2 is 1.56 bits per heavy atom. The first-order valence-corrected chi connectivity index (χ1v) is 8.26. The zero-order valence-corrected chi connectivity index (χ0v) is 14.1. The van der Waals surface area contributed by atoms with Gasteiger partial charge in [0.25, 0.3) is 5.91 Å². The Kier molecular flexibility index (Phi) is 5.42. The molecule has 2 aromatic carbocycles. The normalized spacial score (nSPS) is 10.3. The highest BCUT2D eigenvalue weighted by molar-refractivity contribution is 6.04. The van der Waals surface area contributed by atoms with Gasteiger partial charge in [-0.3, -0.25) is 9.78 Å². The summed E-state index contributed by atoms with van der Waals surface area (Å²) in [7, 11) is 0. The topological polar surface area (TPSA) is 51.2 Å². The van der Waals surface area contributed by atoms with E-state index >= 15 is 0 Å². The quantitative estimate of drug-likeness (QED) is 0.731. The van der Waals surface area contributed by atoms with Gasteiger partial charge < -0.3 is 10.1 Å². The van der Waals surface area contributed by atoms with Crippen LogP contribution >= 0.6 is 0 Å². The van der Waals surface area contributed by atoms with Crippen LogP contribution < -0.4 is 10.1 Å². The number of benzene rings is 2. The van der Waals surface area contributed by atoms with Crippen molar-refractivity contribution < 1.29 is 9.53 Å². The molecule has 0 bridgehead atoms. The second-order valence-electron chi connectivity index (χ2n) is 5.64. The van der Waals surface area contributed by atoms with Crippen molar-refractivity contribution in [2.75, 3.05) is 11.9 Å². The lowest BCUT2D eigenvalue weighted by Gasteiger charge is -2.08. The average molecular weight is 332 g/mol. The Balaban J connectivity index is 1.61. The highest BCUT2D eigenvalue weighted by atomic mass is 16.5. The van der Waals surface area contributed by atoms with Gasteiger partial charge in [0.15, 0.2) is 0 Å². The van der Waals surface area contributed by atoms with E-state index in [2.05, 4.69) is 10.3 Å². The Morgan fingerprint density at radius 1 is 0.920 bits per heavy atom. The van der Waals surface area contributed by atoms with Crippen LogP contribution in [-0.4, -0.2) is 17.5 Å². The lowest BCUT2D eigenvalue weighted by atomic mass is 10.1. The van der Waals surface area contributed by atoms with Crippen molar-refractivity contribution in [1.29, 1.82) is 0 Å². The van der Waals surface area contributed by atoms with Gasteiger partial charge in [-0.25, -0.2) is 0 Å². The van der Waals surface area contributed by atoms with Crippen LogP contribution in [-0.2, 0) is 6.42 Å². The summed E-state index contributed by atoms with van der Waals surface area (Å²) in [6.07, 6.45) is 4.43. The lowest BCUT2D eigenvalue weighted by molar-refractivity contribution is 0.102. The summed E-state index contributed by atoms with van der Waals surface area (Å²) in [5, 5.41) is 2.91. The third-order valence-electron chi connectivity index (χ3n) is 3.80. The van der Waals surface area contributed by atoms with E-state index in [1.807, 2.05) is 43.3 Å². The van der Waals surface area contributed by atoms with Crippen molar-refractivity contribution in [2.24, 2.45) is 0 Å². The summed E-state index contributed by atoms with van der Waals surface area (Å²) in [4.78, 5) is 16.3. The Labute approximate surface area is 147 Å². The summed E-state index contributed by atoms with van der Waals surface area (Å²) in [6.45, 7) is 2.54. The van der Waals surface area contributed by atoms with Gasteiger partial charge in [-0.2, -0.15) is 0 Å². The molecule has 25 heavy (non-hydrogen) atoms. The average Bonchev–Trinajstić information content (AvgIpc) is 2.65. The van der Waals surface area contributed by atoms with Crippen LogP contribution in [0, 0.1) is 0 Å². The van der Waals surface area contributed by atoms with Crippen LogP contribution in [0.1, 0.15) is 28.4 Å². The number of ether oxygens (including phenoxy) is 1. The van der Waals surface area contributed by atoms with Crippen LogP contribution in [0.25, 0.3) is 0 Å². The molecule has 126 valence electrons. The van der Waals surface area contributed by atoms with Gasteiger partial charge in [-0.1, -0.05) is 12.1 Å². The minimum Gasteiger partial charge on any atom is -0.494 e. The standard InChI is InChI=1S/C21H20N2O2/c1-2-25-20-9-5-18(6-10-20)21(24)23-19-7-3-16(4-8-19)15-17-11-13-22-14-12-17/h3-14H,2,15H2,1H3,(H,23,24). The predicted molar refractivity (Wildman–Crippen MR) is 99.0 cm³/mol. The van der Waals surface area contributed by atoms with Crippen molar-refractivity contribution in [3.63, 3.8) is 0 Å². The minimum atomic E-state index is -0.134. The fourth-order valence-corrected chi connectivity index (χ4v) is 2.51. The molecule has 1 amide bonds.